The van der Waals surface area contributed by atoms with Crippen molar-refractivity contribution in [2.24, 2.45) is 0 Å². The van der Waals surface area contributed by atoms with Crippen LogP contribution in [0, 0.1) is 6.92 Å². The van der Waals surface area contributed by atoms with E-state index in [0.29, 0.717) is 0 Å². The molecule has 0 bridgehead atoms. The molecule has 0 radical (unpaired) electrons. The van der Waals surface area contributed by atoms with E-state index in [1.54, 1.807) is 11.3 Å². The van der Waals surface area contributed by atoms with Gasteiger partial charge in [0.05, 0.1) is 10.7 Å². The zero-order valence-electron chi connectivity index (χ0n) is 11.5. The highest BCUT2D eigenvalue weighted by atomic mass is 35.5. The van der Waals surface area contributed by atoms with Crippen molar-refractivity contribution in [1.82, 2.24) is 10.3 Å². The minimum Gasteiger partial charge on any atom is -0.484 e. The first-order valence-corrected chi connectivity index (χ1v) is 8.04. The van der Waals surface area contributed by atoms with Gasteiger partial charge in [0, 0.05) is 28.4 Å². The molecule has 0 spiro atoms. The third-order valence-electron chi connectivity index (χ3n) is 3.48. The van der Waals surface area contributed by atoms with Gasteiger partial charge in [0.25, 0.3) is 0 Å². The van der Waals surface area contributed by atoms with Gasteiger partial charge >= 0.3 is 0 Å². The van der Waals surface area contributed by atoms with Crippen LogP contribution in [0.2, 0.25) is 5.02 Å². The number of ether oxygens (including phenoxy) is 1. The van der Waals surface area contributed by atoms with Gasteiger partial charge in [0.15, 0.2) is 0 Å². The minimum atomic E-state index is 0.0117. The van der Waals surface area contributed by atoms with E-state index in [1.165, 1.54) is 0 Å². The zero-order chi connectivity index (χ0) is 14.1. The van der Waals surface area contributed by atoms with Crippen LogP contribution in [0.1, 0.15) is 41.8 Å². The minimum absolute atomic E-state index is 0.0117. The summed E-state index contributed by atoms with van der Waals surface area (Å²) < 4.78 is 6.11. The molecule has 106 valence electrons. The second-order valence-corrected chi connectivity index (χ2v) is 6.42. The molecular formula is C15H17ClN2OS. The van der Waals surface area contributed by atoms with Crippen molar-refractivity contribution in [3.05, 3.63) is 44.9 Å². The number of rotatable bonds is 3. The molecule has 20 heavy (non-hydrogen) atoms. The number of thiazole rings is 1. The summed E-state index contributed by atoms with van der Waals surface area (Å²) in [5.41, 5.74) is 2.17. The van der Waals surface area contributed by atoms with Crippen LogP contribution in [0.25, 0.3) is 0 Å². The van der Waals surface area contributed by atoms with Gasteiger partial charge in [-0.1, -0.05) is 18.5 Å². The number of benzene rings is 1. The van der Waals surface area contributed by atoms with Gasteiger partial charge in [-0.25, -0.2) is 4.98 Å². The Balaban J connectivity index is 1.94. The van der Waals surface area contributed by atoms with Crippen molar-refractivity contribution in [3.8, 4) is 5.75 Å². The summed E-state index contributed by atoms with van der Waals surface area (Å²) in [6, 6.07) is 6.08. The summed E-state index contributed by atoms with van der Waals surface area (Å²) in [5, 5.41) is 7.42. The lowest BCUT2D eigenvalue weighted by atomic mass is 9.95. The normalized spacial score (nSPS) is 21.4. The maximum atomic E-state index is 6.11. The van der Waals surface area contributed by atoms with Crippen molar-refractivity contribution in [2.75, 3.05) is 6.54 Å². The molecule has 0 amide bonds. The van der Waals surface area contributed by atoms with E-state index in [0.717, 1.165) is 40.0 Å². The maximum Gasteiger partial charge on any atom is 0.143 e. The van der Waals surface area contributed by atoms with Crippen LogP contribution >= 0.6 is 22.9 Å². The van der Waals surface area contributed by atoms with Crippen LogP contribution in [0.15, 0.2) is 23.6 Å². The van der Waals surface area contributed by atoms with E-state index in [2.05, 4.69) is 22.6 Å². The molecule has 0 fully saturated rings. The monoisotopic (exact) mass is 308 g/mol. The van der Waals surface area contributed by atoms with E-state index in [9.17, 15) is 0 Å². The van der Waals surface area contributed by atoms with Crippen molar-refractivity contribution in [3.63, 3.8) is 0 Å². The predicted molar refractivity (Wildman–Crippen MR) is 82.7 cm³/mol. The lowest BCUT2D eigenvalue weighted by Gasteiger charge is -2.32. The number of fused-ring (bicyclic) bond motifs is 1. The van der Waals surface area contributed by atoms with Crippen molar-refractivity contribution >= 4 is 22.9 Å². The van der Waals surface area contributed by atoms with Crippen LogP contribution in [0.4, 0.5) is 0 Å². The third kappa shape index (κ3) is 2.68. The number of aromatic nitrogens is 1. The number of nitrogens with one attached hydrogen (secondary N) is 1. The maximum absolute atomic E-state index is 6.11. The number of aryl methyl sites for hydroxylation is 1. The molecule has 2 aromatic rings. The number of hydrogen-bond donors (Lipinski definition) is 1. The molecule has 3 nitrogen and oxygen atoms in total. The number of halogens is 1. The molecular weight excluding hydrogens is 292 g/mol. The first-order valence-electron chi connectivity index (χ1n) is 6.79. The number of hydrogen-bond acceptors (Lipinski definition) is 4. The Morgan fingerprint density at radius 3 is 3.05 bits per heavy atom. The molecule has 3 rings (SSSR count). The van der Waals surface area contributed by atoms with E-state index < -0.39 is 0 Å². The Kier molecular flexibility index (Phi) is 3.96. The van der Waals surface area contributed by atoms with Crippen molar-refractivity contribution < 1.29 is 4.74 Å². The lowest BCUT2D eigenvalue weighted by molar-refractivity contribution is 0.148. The average molecular weight is 309 g/mol. The molecule has 1 aliphatic rings. The fraction of sp³-hybridized carbons (Fsp3) is 0.400. The van der Waals surface area contributed by atoms with E-state index in [4.69, 9.17) is 16.3 Å². The molecule has 0 aliphatic carbocycles. The van der Waals surface area contributed by atoms with Gasteiger partial charge in [-0.15, -0.1) is 11.3 Å². The molecule has 1 N–H and O–H groups in total. The topological polar surface area (TPSA) is 34.2 Å². The Bertz CT molecular complexity index is 614. The zero-order valence-corrected chi connectivity index (χ0v) is 13.1. The summed E-state index contributed by atoms with van der Waals surface area (Å²) in [5.74, 6) is 0.905. The number of nitrogens with zero attached hydrogens (tertiary/aromatic N) is 1. The molecule has 1 aliphatic heterocycles. The fourth-order valence-electron chi connectivity index (χ4n) is 2.59. The van der Waals surface area contributed by atoms with E-state index >= 15 is 0 Å². The van der Waals surface area contributed by atoms with Gasteiger partial charge in [-0.3, -0.25) is 0 Å². The largest absolute Gasteiger partial charge is 0.484 e. The summed E-state index contributed by atoms with van der Waals surface area (Å²) in [7, 11) is 0. The summed E-state index contributed by atoms with van der Waals surface area (Å²) in [4.78, 5) is 4.56. The lowest BCUT2D eigenvalue weighted by Crippen LogP contribution is -2.29. The predicted octanol–water partition coefficient (Wildman–Crippen LogP) is 4.28. The second-order valence-electron chi connectivity index (χ2n) is 4.93. The molecule has 1 aromatic heterocycles. The summed E-state index contributed by atoms with van der Waals surface area (Å²) in [6.45, 7) is 5.05. The smallest absolute Gasteiger partial charge is 0.143 e. The van der Waals surface area contributed by atoms with Crippen molar-refractivity contribution in [1.29, 1.82) is 0 Å². The van der Waals surface area contributed by atoms with Gasteiger partial charge in [0.1, 0.15) is 11.9 Å². The van der Waals surface area contributed by atoms with Crippen LogP contribution in [-0.4, -0.2) is 11.5 Å². The molecule has 5 heteroatoms. The van der Waals surface area contributed by atoms with Gasteiger partial charge in [0.2, 0.25) is 0 Å². The first kappa shape index (κ1) is 13.9. The standard InChI is InChI=1S/C15H17ClN2OS/c1-3-17-12-7-15(13-8-20-9(2)18-13)19-14-5-4-10(16)6-11(12)14/h4-6,8,12,15,17H,3,7H2,1-2H3. The Hall–Kier alpha value is -1.10. The highest BCUT2D eigenvalue weighted by molar-refractivity contribution is 7.09. The van der Waals surface area contributed by atoms with Gasteiger partial charge < -0.3 is 10.1 Å². The highest BCUT2D eigenvalue weighted by Crippen LogP contribution is 2.41. The molecule has 2 unspecified atom stereocenters. The molecule has 0 saturated heterocycles. The fourth-order valence-corrected chi connectivity index (χ4v) is 3.42. The average Bonchev–Trinajstić information content (AvgIpc) is 2.86. The first-order chi connectivity index (χ1) is 9.67. The van der Waals surface area contributed by atoms with Crippen LogP contribution in [0.3, 0.4) is 0 Å². The summed E-state index contributed by atoms with van der Waals surface area (Å²) >= 11 is 7.77. The SMILES string of the molecule is CCNC1CC(c2csc(C)n2)Oc2ccc(Cl)cc21. The van der Waals surface area contributed by atoms with E-state index in [1.807, 2.05) is 25.1 Å². The van der Waals surface area contributed by atoms with Gasteiger partial charge in [-0.2, -0.15) is 0 Å². The Morgan fingerprint density at radius 2 is 2.35 bits per heavy atom. The molecule has 2 heterocycles. The Morgan fingerprint density at radius 1 is 1.50 bits per heavy atom. The molecule has 2 atom stereocenters. The third-order valence-corrected chi connectivity index (χ3v) is 4.51. The van der Waals surface area contributed by atoms with Crippen LogP contribution in [-0.2, 0) is 0 Å². The molecule has 0 saturated carbocycles. The quantitative estimate of drug-likeness (QED) is 0.919. The van der Waals surface area contributed by atoms with E-state index in [-0.39, 0.29) is 12.1 Å². The summed E-state index contributed by atoms with van der Waals surface area (Å²) in [6.07, 6.45) is 0.891. The van der Waals surface area contributed by atoms with Crippen LogP contribution in [0.5, 0.6) is 5.75 Å². The van der Waals surface area contributed by atoms with Crippen molar-refractivity contribution in [2.45, 2.75) is 32.4 Å². The van der Waals surface area contributed by atoms with Gasteiger partial charge in [-0.05, 0) is 31.7 Å². The van der Waals surface area contributed by atoms with Crippen LogP contribution < -0.4 is 10.1 Å². The second kappa shape index (κ2) is 5.72. The highest BCUT2D eigenvalue weighted by Gasteiger charge is 2.30. The molecule has 1 aromatic carbocycles. The Labute approximate surface area is 127 Å².